The fraction of sp³-hybridized carbons (Fsp3) is 0.636. The molecule has 1 aromatic heterocycles. The van der Waals surface area contributed by atoms with Crippen molar-refractivity contribution in [3.05, 3.63) is 20.8 Å². The fourth-order valence-corrected chi connectivity index (χ4v) is 3.53. The molecule has 4 heteroatoms. The minimum atomic E-state index is -0.368. The van der Waals surface area contributed by atoms with E-state index in [0.29, 0.717) is 12.3 Å². The van der Waals surface area contributed by atoms with Crippen molar-refractivity contribution in [1.82, 2.24) is 0 Å². The maximum absolute atomic E-state index is 10.0. The second-order valence-corrected chi connectivity index (χ2v) is 6.63. The number of aliphatic hydroxyl groups excluding tert-OH is 1. The average Bonchev–Trinajstić information content (AvgIpc) is 2.75. The molecule has 84 valence electrons. The maximum Gasteiger partial charge on any atom is 0.0863 e. The molecule has 1 N–H and O–H groups in total. The van der Waals surface area contributed by atoms with Gasteiger partial charge >= 0.3 is 0 Å². The number of hydrogen-bond donors (Lipinski definition) is 1. The van der Waals surface area contributed by atoms with Crippen LogP contribution in [0.2, 0.25) is 0 Å². The third kappa shape index (κ3) is 2.81. The number of halogens is 1. The summed E-state index contributed by atoms with van der Waals surface area (Å²) in [6.45, 7) is 2.93. The molecule has 2 rings (SSSR count). The van der Waals surface area contributed by atoms with E-state index in [1.807, 2.05) is 6.07 Å². The standard InChI is InChI=1S/C11H15BrO2S/c1-7-4-5-14-11(7)9(13)6-8-2-3-10(12)15-8/h2-3,7,9,11,13H,4-6H2,1H3. The van der Waals surface area contributed by atoms with E-state index in [2.05, 4.69) is 28.9 Å². The lowest BCUT2D eigenvalue weighted by Gasteiger charge is -2.20. The van der Waals surface area contributed by atoms with Gasteiger partial charge in [-0.25, -0.2) is 0 Å². The normalized spacial score (nSPS) is 28.2. The van der Waals surface area contributed by atoms with E-state index in [4.69, 9.17) is 4.74 Å². The molecular formula is C11H15BrO2S. The molecule has 0 aliphatic carbocycles. The van der Waals surface area contributed by atoms with Crippen molar-refractivity contribution in [3.8, 4) is 0 Å². The van der Waals surface area contributed by atoms with Gasteiger partial charge < -0.3 is 9.84 Å². The summed E-state index contributed by atoms with van der Waals surface area (Å²) < 4.78 is 6.66. The minimum absolute atomic E-state index is 0.0193. The zero-order chi connectivity index (χ0) is 10.8. The first kappa shape index (κ1) is 11.6. The summed E-state index contributed by atoms with van der Waals surface area (Å²) >= 11 is 5.10. The van der Waals surface area contributed by atoms with Gasteiger partial charge in [-0.15, -0.1) is 11.3 Å². The molecule has 0 aromatic carbocycles. The van der Waals surface area contributed by atoms with Crippen molar-refractivity contribution in [2.45, 2.75) is 32.0 Å². The number of rotatable bonds is 3. The molecule has 1 fully saturated rings. The number of aliphatic hydroxyl groups is 1. The summed E-state index contributed by atoms with van der Waals surface area (Å²) in [4.78, 5) is 1.21. The van der Waals surface area contributed by atoms with Crippen LogP contribution in [0.3, 0.4) is 0 Å². The Bertz CT molecular complexity index is 326. The first-order valence-electron chi connectivity index (χ1n) is 5.20. The third-order valence-electron chi connectivity index (χ3n) is 2.86. The zero-order valence-electron chi connectivity index (χ0n) is 8.65. The van der Waals surface area contributed by atoms with Gasteiger partial charge in [0.05, 0.1) is 16.0 Å². The first-order chi connectivity index (χ1) is 7.16. The van der Waals surface area contributed by atoms with Crippen molar-refractivity contribution < 1.29 is 9.84 Å². The van der Waals surface area contributed by atoms with Gasteiger partial charge in [0.25, 0.3) is 0 Å². The Balaban J connectivity index is 1.94. The Morgan fingerprint density at radius 2 is 2.47 bits per heavy atom. The predicted molar refractivity (Wildman–Crippen MR) is 65.3 cm³/mol. The van der Waals surface area contributed by atoms with Crippen LogP contribution in [0.5, 0.6) is 0 Å². The predicted octanol–water partition coefficient (Wildman–Crippen LogP) is 2.84. The molecular weight excluding hydrogens is 276 g/mol. The van der Waals surface area contributed by atoms with Crippen molar-refractivity contribution in [2.24, 2.45) is 5.92 Å². The van der Waals surface area contributed by atoms with Crippen molar-refractivity contribution >= 4 is 27.3 Å². The van der Waals surface area contributed by atoms with E-state index in [1.54, 1.807) is 11.3 Å². The minimum Gasteiger partial charge on any atom is -0.390 e. The molecule has 0 radical (unpaired) electrons. The zero-order valence-corrected chi connectivity index (χ0v) is 11.1. The molecule has 15 heavy (non-hydrogen) atoms. The summed E-state index contributed by atoms with van der Waals surface area (Å²) in [5.74, 6) is 0.475. The average molecular weight is 291 g/mol. The van der Waals surface area contributed by atoms with E-state index in [9.17, 15) is 5.11 Å². The summed E-state index contributed by atoms with van der Waals surface area (Å²) in [6.07, 6.45) is 1.42. The Kier molecular flexibility index (Phi) is 3.83. The SMILES string of the molecule is CC1CCOC1C(O)Cc1ccc(Br)s1. The molecule has 2 heterocycles. The molecule has 0 saturated carbocycles. The summed E-state index contributed by atoms with van der Waals surface area (Å²) in [5.41, 5.74) is 0. The lowest BCUT2D eigenvalue weighted by Crippen LogP contribution is -2.31. The second-order valence-electron chi connectivity index (χ2n) is 4.08. The van der Waals surface area contributed by atoms with Crippen LogP contribution in [0.25, 0.3) is 0 Å². The largest absolute Gasteiger partial charge is 0.390 e. The molecule has 0 spiro atoms. The van der Waals surface area contributed by atoms with Crippen molar-refractivity contribution in [2.75, 3.05) is 6.61 Å². The number of ether oxygens (including phenoxy) is 1. The topological polar surface area (TPSA) is 29.5 Å². The monoisotopic (exact) mass is 290 g/mol. The number of thiophene rings is 1. The van der Waals surface area contributed by atoms with Gasteiger partial charge in [-0.2, -0.15) is 0 Å². The molecule has 2 nitrogen and oxygen atoms in total. The van der Waals surface area contributed by atoms with E-state index in [1.165, 1.54) is 4.88 Å². The quantitative estimate of drug-likeness (QED) is 0.928. The first-order valence-corrected chi connectivity index (χ1v) is 6.81. The van der Waals surface area contributed by atoms with Gasteiger partial charge in [-0.05, 0) is 40.4 Å². The van der Waals surface area contributed by atoms with Crippen LogP contribution in [-0.4, -0.2) is 23.9 Å². The smallest absolute Gasteiger partial charge is 0.0863 e. The summed E-state index contributed by atoms with van der Waals surface area (Å²) in [6, 6.07) is 4.07. The summed E-state index contributed by atoms with van der Waals surface area (Å²) in [5, 5.41) is 10.0. The lowest BCUT2D eigenvalue weighted by atomic mass is 9.97. The molecule has 0 bridgehead atoms. The molecule has 1 aliphatic heterocycles. The Morgan fingerprint density at radius 3 is 3.00 bits per heavy atom. The van der Waals surface area contributed by atoms with Crippen LogP contribution in [-0.2, 0) is 11.2 Å². The highest BCUT2D eigenvalue weighted by Gasteiger charge is 2.30. The van der Waals surface area contributed by atoms with Crippen LogP contribution in [0, 0.1) is 5.92 Å². The Labute approximate surface area is 102 Å². The van der Waals surface area contributed by atoms with Gasteiger partial charge in [-0.3, -0.25) is 0 Å². The van der Waals surface area contributed by atoms with Crippen LogP contribution in [0.4, 0.5) is 0 Å². The fourth-order valence-electron chi connectivity index (χ4n) is 1.99. The highest BCUT2D eigenvalue weighted by molar-refractivity contribution is 9.11. The van der Waals surface area contributed by atoms with Gasteiger partial charge in [-0.1, -0.05) is 6.92 Å². The van der Waals surface area contributed by atoms with Crippen LogP contribution < -0.4 is 0 Å². The van der Waals surface area contributed by atoms with E-state index in [-0.39, 0.29) is 12.2 Å². The van der Waals surface area contributed by atoms with Gasteiger partial charge in [0.1, 0.15) is 0 Å². The van der Waals surface area contributed by atoms with E-state index >= 15 is 0 Å². The van der Waals surface area contributed by atoms with Crippen LogP contribution >= 0.6 is 27.3 Å². The van der Waals surface area contributed by atoms with E-state index < -0.39 is 0 Å². The molecule has 1 saturated heterocycles. The van der Waals surface area contributed by atoms with Crippen molar-refractivity contribution in [3.63, 3.8) is 0 Å². The van der Waals surface area contributed by atoms with Crippen molar-refractivity contribution in [1.29, 1.82) is 0 Å². The Morgan fingerprint density at radius 1 is 1.67 bits per heavy atom. The van der Waals surface area contributed by atoms with Gasteiger partial charge in [0.2, 0.25) is 0 Å². The van der Waals surface area contributed by atoms with Crippen LogP contribution in [0.1, 0.15) is 18.2 Å². The van der Waals surface area contributed by atoms with E-state index in [0.717, 1.165) is 16.8 Å². The molecule has 0 amide bonds. The molecule has 1 aliphatic rings. The number of hydrogen-bond acceptors (Lipinski definition) is 3. The van der Waals surface area contributed by atoms with Gasteiger partial charge in [0, 0.05) is 17.9 Å². The highest BCUT2D eigenvalue weighted by Crippen LogP contribution is 2.28. The maximum atomic E-state index is 10.0. The second kappa shape index (κ2) is 4.95. The molecule has 3 unspecified atom stereocenters. The third-order valence-corrected chi connectivity index (χ3v) is 4.51. The molecule has 3 atom stereocenters. The Hall–Kier alpha value is 0.1000. The molecule has 1 aromatic rings. The van der Waals surface area contributed by atoms with Gasteiger partial charge in [0.15, 0.2) is 0 Å². The highest BCUT2D eigenvalue weighted by atomic mass is 79.9. The summed E-state index contributed by atoms with van der Waals surface area (Å²) in [7, 11) is 0. The van der Waals surface area contributed by atoms with Crippen LogP contribution in [0.15, 0.2) is 15.9 Å². The lowest BCUT2D eigenvalue weighted by molar-refractivity contribution is -0.0154.